The number of fused-ring (bicyclic) bond motifs is 9. The lowest BCUT2D eigenvalue weighted by Crippen LogP contribution is -2.34. The molecule has 2 aliphatic carbocycles. The van der Waals surface area contributed by atoms with E-state index in [4.69, 9.17) is 29.1 Å². The Bertz CT molecular complexity index is 6720. The largest absolute Gasteiger partial charge is 0.488 e. The summed E-state index contributed by atoms with van der Waals surface area (Å²) in [6.07, 6.45) is 43.9. The molecule has 2 aliphatic rings. The molecule has 0 fully saturated rings. The summed E-state index contributed by atoms with van der Waals surface area (Å²) in [7, 11) is -3.00. The third kappa shape index (κ3) is 25.7. The summed E-state index contributed by atoms with van der Waals surface area (Å²) >= 11 is 14.7. The quantitative estimate of drug-likeness (QED) is 0.0214. The first-order valence-electron chi connectivity index (χ1n) is 55.1. The van der Waals surface area contributed by atoms with Crippen molar-refractivity contribution < 1.29 is 33.3 Å². The second-order valence-corrected chi connectivity index (χ2v) is 46.6. The number of halogens is 4. The Hall–Kier alpha value is -9.19. The molecular weight excluding hydrogens is 1960 g/mol. The molecule has 6 heterocycles. The zero-order valence-electron chi connectivity index (χ0n) is 87.7. The molecule has 18 rings (SSSR count). The van der Waals surface area contributed by atoms with Crippen LogP contribution in [0.3, 0.4) is 0 Å². The third-order valence-electron chi connectivity index (χ3n) is 31.7. The van der Waals surface area contributed by atoms with E-state index in [0.717, 1.165) is 248 Å². The molecule has 0 saturated heterocycles. The Morgan fingerprint density at radius 3 is 0.823 bits per heavy atom. The first-order chi connectivity index (χ1) is 71.7. The zero-order valence-corrected chi connectivity index (χ0v) is 93.4. The van der Waals surface area contributed by atoms with Crippen molar-refractivity contribution in [3.8, 4) is 107 Å². The number of unbranched alkanes of at least 4 members (excludes halogenated alkanes) is 15. The van der Waals surface area contributed by atoms with Gasteiger partial charge in [-0.3, -0.25) is 0 Å². The van der Waals surface area contributed by atoms with Crippen LogP contribution in [0, 0.1) is 35.2 Å². The van der Waals surface area contributed by atoms with Crippen molar-refractivity contribution in [3.05, 3.63) is 262 Å². The SMILES string of the molecule is CCCCC(CC)CCc1ccc(-c2ccc(-c3ccc(Cl)c4nsnc34)s2)c(F)c1.CCCCCCC1(CCCCCC)c2cc(-c3ccc(-c4ccc(-c5ccc(CCC(CC)CCCC)cc5F)s4)c4nsnc34)ccc2-c2ccc(-c3ccc(-c4ccc(-c5ccc(CCC(CC)CCCC)cc5F)s4)c4nsnc34)cc21.CCCCCCC1(CCCCCC)c2cc(B(O)O)ccc2-c2ccc(B(O)O)cc21. The van der Waals surface area contributed by atoms with Crippen molar-refractivity contribution in [2.45, 2.75) is 324 Å². The average molecular weight is 2100 g/mol. The van der Waals surface area contributed by atoms with E-state index < -0.39 is 14.2 Å². The van der Waals surface area contributed by atoms with Crippen LogP contribution in [0.5, 0.6) is 0 Å². The van der Waals surface area contributed by atoms with Gasteiger partial charge in [0.05, 0.1) is 40.2 Å². The molecule has 16 aromatic rings. The van der Waals surface area contributed by atoms with Crippen LogP contribution in [0.25, 0.3) is 140 Å². The van der Waals surface area contributed by atoms with Gasteiger partial charge in [-0.05, 0) is 244 Å². The maximum atomic E-state index is 15.9. The van der Waals surface area contributed by atoms with Crippen LogP contribution in [0.2, 0.25) is 5.02 Å². The lowest BCUT2D eigenvalue weighted by Gasteiger charge is -2.33. The maximum absolute atomic E-state index is 15.9. The third-order valence-corrected chi connectivity index (χ3v) is 37.0. The molecule has 10 nitrogen and oxygen atoms in total. The molecule has 4 N–H and O–H groups in total. The Morgan fingerprint density at radius 1 is 0.265 bits per heavy atom. The number of thiophene rings is 3. The fourth-order valence-corrected chi connectivity index (χ4v) is 28.1. The zero-order chi connectivity index (χ0) is 103. The van der Waals surface area contributed by atoms with Gasteiger partial charge in [-0.1, -0.05) is 382 Å². The van der Waals surface area contributed by atoms with Crippen LogP contribution < -0.4 is 10.9 Å². The van der Waals surface area contributed by atoms with Gasteiger partial charge in [0, 0.05) is 84.6 Å². The maximum Gasteiger partial charge on any atom is 0.488 e. The highest BCUT2D eigenvalue weighted by atomic mass is 35.5. The lowest BCUT2D eigenvalue weighted by atomic mass is 9.67. The number of rotatable bonds is 51. The molecule has 147 heavy (non-hydrogen) atoms. The monoisotopic (exact) mass is 2100 g/mol. The Balaban J connectivity index is 0.000000201. The molecule has 3 atom stereocenters. The summed E-state index contributed by atoms with van der Waals surface area (Å²) in [5.41, 5.74) is 28.5. The molecule has 10 aromatic carbocycles. The topological polar surface area (TPSA) is 158 Å². The summed E-state index contributed by atoms with van der Waals surface area (Å²) in [4.78, 5) is 5.92. The van der Waals surface area contributed by atoms with Crippen molar-refractivity contribution in [2.75, 3.05) is 0 Å². The molecular formula is C125H146B2ClF3N6O4S6. The van der Waals surface area contributed by atoms with Gasteiger partial charge in [0.1, 0.15) is 50.6 Å². The Morgan fingerprint density at radius 2 is 0.524 bits per heavy atom. The fourth-order valence-electron chi connectivity index (χ4n) is 22.9. The molecule has 22 heteroatoms. The van der Waals surface area contributed by atoms with E-state index in [-0.39, 0.29) is 28.3 Å². The summed E-state index contributed by atoms with van der Waals surface area (Å²) < 4.78 is 75.5. The molecule has 0 aliphatic heterocycles. The summed E-state index contributed by atoms with van der Waals surface area (Å²) in [5.74, 6) is 1.68. The van der Waals surface area contributed by atoms with Gasteiger partial charge in [-0.25, -0.2) is 13.2 Å². The predicted molar refractivity (Wildman–Crippen MR) is 626 cm³/mol. The highest BCUT2D eigenvalue weighted by molar-refractivity contribution is 7.19. The number of nitrogens with zero attached hydrogens (tertiary/aromatic N) is 6. The first-order valence-corrected chi connectivity index (χ1v) is 60.1. The number of benzene rings is 10. The second kappa shape index (κ2) is 53.2. The minimum atomic E-state index is -1.50. The molecule has 0 spiro atoms. The molecule has 6 aromatic heterocycles. The van der Waals surface area contributed by atoms with Gasteiger partial charge in [0.15, 0.2) is 0 Å². The van der Waals surface area contributed by atoms with Crippen LogP contribution in [0.4, 0.5) is 13.2 Å². The predicted octanol–water partition coefficient (Wildman–Crippen LogP) is 36.9. The molecule has 3 unspecified atom stereocenters. The molecule has 0 bridgehead atoms. The number of aryl methyl sites for hydroxylation is 3. The Kier molecular flexibility index (Phi) is 40.0. The minimum Gasteiger partial charge on any atom is -0.423 e. The van der Waals surface area contributed by atoms with E-state index >= 15 is 8.78 Å². The van der Waals surface area contributed by atoms with Crippen LogP contribution in [0.15, 0.2) is 200 Å². The second-order valence-electron chi connectivity index (χ2n) is 41.4. The van der Waals surface area contributed by atoms with Crippen LogP contribution in [0.1, 0.15) is 333 Å². The summed E-state index contributed by atoms with van der Waals surface area (Å²) in [6, 6.07) is 68.4. The summed E-state index contributed by atoms with van der Waals surface area (Å²) in [5, 5.41) is 40.0. The minimum absolute atomic E-state index is 0.149. The van der Waals surface area contributed by atoms with E-state index in [1.165, 1.54) is 200 Å². The summed E-state index contributed by atoms with van der Waals surface area (Å²) in [6.45, 7) is 22.6. The molecule has 0 amide bonds. The van der Waals surface area contributed by atoms with Crippen molar-refractivity contribution >= 4 is 139 Å². The van der Waals surface area contributed by atoms with Crippen molar-refractivity contribution in [2.24, 2.45) is 17.8 Å². The number of hydrogen-bond acceptors (Lipinski definition) is 16. The highest BCUT2D eigenvalue weighted by Gasteiger charge is 2.46. The van der Waals surface area contributed by atoms with Gasteiger partial charge in [0.25, 0.3) is 0 Å². The first kappa shape index (κ1) is 110. The molecule has 0 radical (unpaired) electrons. The van der Waals surface area contributed by atoms with E-state index in [1.54, 1.807) is 64.3 Å². The van der Waals surface area contributed by atoms with Crippen LogP contribution >= 0.6 is 80.8 Å². The number of aromatic nitrogens is 6. The molecule has 770 valence electrons. The van der Waals surface area contributed by atoms with Crippen molar-refractivity contribution in [1.82, 2.24) is 26.2 Å². The number of hydrogen-bond donors (Lipinski definition) is 4. The van der Waals surface area contributed by atoms with Crippen molar-refractivity contribution in [1.29, 1.82) is 0 Å². The van der Waals surface area contributed by atoms with E-state index in [0.29, 0.717) is 44.5 Å². The van der Waals surface area contributed by atoms with Gasteiger partial charge in [0.2, 0.25) is 0 Å². The van der Waals surface area contributed by atoms with E-state index in [1.807, 2.05) is 66.7 Å². The van der Waals surface area contributed by atoms with Crippen molar-refractivity contribution in [3.63, 3.8) is 0 Å². The fraction of sp³-hybridized carbons (Fsp3) is 0.424. The van der Waals surface area contributed by atoms with Gasteiger partial charge < -0.3 is 20.1 Å². The normalized spacial score (nSPS) is 13.3. The van der Waals surface area contributed by atoms with Gasteiger partial charge >= 0.3 is 14.2 Å². The standard InChI is InChI=1S/C75H84F2N4S4.C25H36B2O4.C25H26ClFN2S2/c1-7-13-17-19-43-75(44-20-18-14-8-2)63-47-53(55-35-37-61(73-71(55)78-84-80-73)69-41-39-67(82-69)59-31-27-51(45-65(59)76)25-23-49(11-5)21-15-9-3)29-33-57(63)58-34-30-54(48-64(58)75)56-36-38-62(74-72(56)79-85-81-74)70-42-40-68(83-70)60-32-28-52(46-66(60)77)26-24-50(12-6)22-16-10-4;1-3-5-7-9-15-25(16-10-8-6-4-2)23-17-19(26(28)29)11-13-21(23)22-14-12-20(27(30)31)18-24(22)25;1-3-5-6-16(4-2)7-8-17-9-10-18(21(27)15-17)22-13-14-23(30-22)19-11-12-20(26)25-24(19)28-31-29-25/h27-42,45-50H,7-26,43-44H2,1-6H3;11-14,17-18,28-31H,3-10,15-16H2,1-2H3;9-16H,3-8H2,1-2H3. The van der Waals surface area contributed by atoms with Gasteiger partial charge in [-0.2, -0.15) is 26.2 Å². The van der Waals surface area contributed by atoms with E-state index in [9.17, 15) is 24.5 Å². The van der Waals surface area contributed by atoms with Crippen LogP contribution in [-0.2, 0) is 30.1 Å². The average Bonchev–Trinajstić information content (AvgIpc) is 1.65. The van der Waals surface area contributed by atoms with Gasteiger partial charge in [-0.15, -0.1) is 34.0 Å². The highest BCUT2D eigenvalue weighted by Crippen LogP contribution is 2.59. The smallest absolute Gasteiger partial charge is 0.423 e. The lowest BCUT2D eigenvalue weighted by molar-refractivity contribution is 0.400. The molecule has 0 saturated carbocycles. The van der Waals surface area contributed by atoms with E-state index in [2.05, 4.69) is 181 Å². The van der Waals surface area contributed by atoms with Crippen LogP contribution in [-0.4, -0.2) is 60.6 Å². The Labute approximate surface area is 901 Å².